The van der Waals surface area contributed by atoms with Gasteiger partial charge in [0.2, 0.25) is 0 Å². The minimum atomic E-state index is 0.0639. The van der Waals surface area contributed by atoms with Crippen molar-refractivity contribution in [3.63, 3.8) is 0 Å². The minimum Gasteiger partial charge on any atom is -0.385 e. The standard InChI is InChI=1S/C22H29ClN4O/c1-16(2)26-9-7-25(8-10-26)15-17-11-20(14-24-13-17)27-6-5-18-12-19(23)3-4-21(18)22(27)28/h3-4,11-12,14,16,24H,5-10,13,15H2,1-2H3. The maximum atomic E-state index is 13.0. The Bertz CT molecular complexity index is 809. The summed E-state index contributed by atoms with van der Waals surface area (Å²) in [6, 6.07) is 6.18. The van der Waals surface area contributed by atoms with Gasteiger partial charge in [-0.1, -0.05) is 11.6 Å². The number of rotatable bonds is 4. The Morgan fingerprint density at radius 3 is 2.68 bits per heavy atom. The number of benzene rings is 1. The molecule has 1 aromatic carbocycles. The highest BCUT2D eigenvalue weighted by molar-refractivity contribution is 6.30. The summed E-state index contributed by atoms with van der Waals surface area (Å²) in [5.74, 6) is 0.0639. The fourth-order valence-electron chi connectivity index (χ4n) is 4.27. The normalized spacial score (nSPS) is 21.3. The molecule has 3 aliphatic heterocycles. The maximum absolute atomic E-state index is 13.0. The van der Waals surface area contributed by atoms with Crippen molar-refractivity contribution in [1.82, 2.24) is 20.0 Å². The molecule has 0 spiro atoms. The number of dihydropyridines is 1. The van der Waals surface area contributed by atoms with Gasteiger partial charge in [0.25, 0.3) is 5.91 Å². The van der Waals surface area contributed by atoms with E-state index in [2.05, 4.69) is 35.0 Å². The van der Waals surface area contributed by atoms with Crippen LogP contribution in [-0.4, -0.2) is 72.5 Å². The first-order valence-electron chi connectivity index (χ1n) is 10.2. The topological polar surface area (TPSA) is 38.8 Å². The Labute approximate surface area is 172 Å². The van der Waals surface area contributed by atoms with Crippen molar-refractivity contribution in [2.75, 3.05) is 45.8 Å². The second-order valence-corrected chi connectivity index (χ2v) is 8.60. The van der Waals surface area contributed by atoms with Gasteiger partial charge in [0.1, 0.15) is 0 Å². The van der Waals surface area contributed by atoms with Gasteiger partial charge in [0.15, 0.2) is 0 Å². The fourth-order valence-corrected chi connectivity index (χ4v) is 4.47. The number of nitrogens with zero attached hydrogens (tertiary/aromatic N) is 3. The van der Waals surface area contributed by atoms with E-state index in [1.807, 2.05) is 23.2 Å². The lowest BCUT2D eigenvalue weighted by Gasteiger charge is -2.38. The molecule has 0 aliphatic carbocycles. The molecule has 1 saturated heterocycles. The molecule has 150 valence electrons. The van der Waals surface area contributed by atoms with E-state index >= 15 is 0 Å². The second kappa shape index (κ2) is 8.27. The lowest BCUT2D eigenvalue weighted by atomic mass is 9.98. The van der Waals surface area contributed by atoms with Crippen molar-refractivity contribution in [1.29, 1.82) is 0 Å². The molecule has 3 aliphatic rings. The number of piperazine rings is 1. The maximum Gasteiger partial charge on any atom is 0.258 e. The number of hydrogen-bond donors (Lipinski definition) is 1. The quantitative estimate of drug-likeness (QED) is 0.843. The number of fused-ring (bicyclic) bond motifs is 1. The third-order valence-electron chi connectivity index (χ3n) is 5.95. The summed E-state index contributed by atoms with van der Waals surface area (Å²) >= 11 is 6.08. The van der Waals surface area contributed by atoms with Crippen molar-refractivity contribution >= 4 is 17.5 Å². The number of amides is 1. The zero-order chi connectivity index (χ0) is 19.7. The summed E-state index contributed by atoms with van der Waals surface area (Å²) in [6.07, 6.45) is 5.00. The highest BCUT2D eigenvalue weighted by atomic mass is 35.5. The van der Waals surface area contributed by atoms with Crippen LogP contribution < -0.4 is 5.32 Å². The summed E-state index contributed by atoms with van der Waals surface area (Å²) in [4.78, 5) is 19.9. The van der Waals surface area contributed by atoms with Crippen LogP contribution >= 0.6 is 11.6 Å². The predicted molar refractivity (Wildman–Crippen MR) is 114 cm³/mol. The first-order chi connectivity index (χ1) is 13.5. The van der Waals surface area contributed by atoms with Crippen LogP contribution in [0.4, 0.5) is 0 Å². The Balaban J connectivity index is 1.42. The largest absolute Gasteiger partial charge is 0.385 e. The highest BCUT2D eigenvalue weighted by Crippen LogP contribution is 2.26. The van der Waals surface area contributed by atoms with Gasteiger partial charge in [-0.25, -0.2) is 0 Å². The number of nitrogens with one attached hydrogen (secondary N) is 1. The zero-order valence-electron chi connectivity index (χ0n) is 16.7. The molecule has 3 heterocycles. The SMILES string of the molecule is CC(C)N1CCN(CC2=CC(N3CCc4cc(Cl)ccc4C3=O)=CNC2)CC1. The lowest BCUT2D eigenvalue weighted by Crippen LogP contribution is -2.49. The number of halogens is 1. The van der Waals surface area contributed by atoms with E-state index in [1.54, 1.807) is 6.07 Å². The number of allylic oxidation sites excluding steroid dienone is 1. The summed E-state index contributed by atoms with van der Waals surface area (Å²) in [5, 5.41) is 4.06. The molecular formula is C22H29ClN4O. The molecule has 1 amide bonds. The van der Waals surface area contributed by atoms with Crippen LogP contribution in [0, 0.1) is 0 Å². The van der Waals surface area contributed by atoms with Gasteiger partial charge in [-0.3, -0.25) is 14.6 Å². The van der Waals surface area contributed by atoms with E-state index in [1.165, 1.54) is 5.57 Å². The number of hydrogen-bond acceptors (Lipinski definition) is 4. The van der Waals surface area contributed by atoms with Crippen molar-refractivity contribution in [3.05, 3.63) is 57.9 Å². The Kier molecular flexibility index (Phi) is 5.76. The van der Waals surface area contributed by atoms with Gasteiger partial charge >= 0.3 is 0 Å². The zero-order valence-corrected chi connectivity index (χ0v) is 17.5. The molecule has 28 heavy (non-hydrogen) atoms. The molecule has 0 radical (unpaired) electrons. The Morgan fingerprint density at radius 2 is 1.93 bits per heavy atom. The van der Waals surface area contributed by atoms with Crippen LogP contribution in [0.2, 0.25) is 5.02 Å². The average molecular weight is 401 g/mol. The van der Waals surface area contributed by atoms with Crippen molar-refractivity contribution < 1.29 is 4.79 Å². The molecule has 0 saturated carbocycles. The third-order valence-corrected chi connectivity index (χ3v) is 6.19. The van der Waals surface area contributed by atoms with Crippen molar-refractivity contribution in [3.8, 4) is 0 Å². The first-order valence-corrected chi connectivity index (χ1v) is 10.6. The van der Waals surface area contributed by atoms with Gasteiger partial charge in [0, 0.05) is 68.6 Å². The second-order valence-electron chi connectivity index (χ2n) is 8.17. The smallest absolute Gasteiger partial charge is 0.258 e. The minimum absolute atomic E-state index is 0.0639. The Hall–Kier alpha value is -1.82. The summed E-state index contributed by atoms with van der Waals surface area (Å²) in [7, 11) is 0. The molecule has 1 N–H and O–H groups in total. The lowest BCUT2D eigenvalue weighted by molar-refractivity contribution is 0.0795. The van der Waals surface area contributed by atoms with Crippen LogP contribution in [0.25, 0.3) is 0 Å². The Morgan fingerprint density at radius 1 is 1.14 bits per heavy atom. The van der Waals surface area contributed by atoms with Crippen molar-refractivity contribution in [2.24, 2.45) is 0 Å². The highest BCUT2D eigenvalue weighted by Gasteiger charge is 2.27. The van der Waals surface area contributed by atoms with Crippen LogP contribution in [0.15, 0.2) is 41.7 Å². The number of carbonyl (C=O) groups is 1. The van der Waals surface area contributed by atoms with E-state index in [9.17, 15) is 4.79 Å². The van der Waals surface area contributed by atoms with E-state index in [4.69, 9.17) is 11.6 Å². The molecule has 1 fully saturated rings. The summed E-state index contributed by atoms with van der Waals surface area (Å²) < 4.78 is 0. The molecular weight excluding hydrogens is 372 g/mol. The molecule has 4 rings (SSSR count). The first kappa shape index (κ1) is 19.5. The van der Waals surface area contributed by atoms with Gasteiger partial charge < -0.3 is 10.2 Å². The monoisotopic (exact) mass is 400 g/mol. The van der Waals surface area contributed by atoms with Crippen LogP contribution in [0.3, 0.4) is 0 Å². The molecule has 0 atom stereocenters. The third kappa shape index (κ3) is 4.12. The van der Waals surface area contributed by atoms with Crippen LogP contribution in [-0.2, 0) is 6.42 Å². The van der Waals surface area contributed by atoms with Crippen molar-refractivity contribution in [2.45, 2.75) is 26.3 Å². The molecule has 1 aromatic rings. The van der Waals surface area contributed by atoms with Gasteiger partial charge in [-0.2, -0.15) is 0 Å². The number of carbonyl (C=O) groups excluding carboxylic acids is 1. The molecule has 6 heteroatoms. The van der Waals surface area contributed by atoms with E-state index in [0.717, 1.165) is 62.5 Å². The average Bonchev–Trinajstić information content (AvgIpc) is 2.69. The van der Waals surface area contributed by atoms with E-state index < -0.39 is 0 Å². The van der Waals surface area contributed by atoms with Crippen LogP contribution in [0.1, 0.15) is 29.8 Å². The molecule has 0 aromatic heterocycles. The van der Waals surface area contributed by atoms with E-state index in [-0.39, 0.29) is 5.91 Å². The van der Waals surface area contributed by atoms with Gasteiger partial charge in [-0.05, 0) is 55.7 Å². The molecule has 0 unspecified atom stereocenters. The predicted octanol–water partition coefficient (Wildman–Crippen LogP) is 2.74. The van der Waals surface area contributed by atoms with E-state index in [0.29, 0.717) is 17.6 Å². The summed E-state index contributed by atoms with van der Waals surface area (Å²) in [5.41, 5.74) is 4.12. The molecule has 0 bridgehead atoms. The summed E-state index contributed by atoms with van der Waals surface area (Å²) in [6.45, 7) is 11.5. The fraction of sp³-hybridized carbons (Fsp3) is 0.500. The van der Waals surface area contributed by atoms with Gasteiger partial charge in [0.05, 0.1) is 5.70 Å². The van der Waals surface area contributed by atoms with Crippen LogP contribution in [0.5, 0.6) is 0 Å². The van der Waals surface area contributed by atoms with Gasteiger partial charge in [-0.15, -0.1) is 0 Å². The molecule has 5 nitrogen and oxygen atoms in total.